The number of aliphatic hydroxyl groups is 1. The fourth-order valence-corrected chi connectivity index (χ4v) is 1.92. The first-order valence-corrected chi connectivity index (χ1v) is 5.17. The van der Waals surface area contributed by atoms with Crippen LogP contribution in [0.25, 0.3) is 0 Å². The van der Waals surface area contributed by atoms with Crippen LogP contribution in [0.15, 0.2) is 18.2 Å². The second-order valence-corrected chi connectivity index (χ2v) is 4.25. The number of carboxylic acids is 1. The van der Waals surface area contributed by atoms with Gasteiger partial charge in [0.1, 0.15) is 0 Å². The summed E-state index contributed by atoms with van der Waals surface area (Å²) < 4.78 is 5.35. The SMILES string of the molecule is CC1(O)CCOCc2ccc(C(=O)O)cc21. The van der Waals surface area contributed by atoms with E-state index in [0.29, 0.717) is 25.2 Å². The predicted octanol–water partition coefficient (Wildman–Crippen LogP) is 1.51. The van der Waals surface area contributed by atoms with Crippen molar-refractivity contribution in [3.05, 3.63) is 34.9 Å². The molecule has 16 heavy (non-hydrogen) atoms. The highest BCUT2D eigenvalue weighted by atomic mass is 16.5. The maximum atomic E-state index is 10.9. The van der Waals surface area contributed by atoms with Crippen LogP contribution >= 0.6 is 0 Å². The van der Waals surface area contributed by atoms with Crippen molar-refractivity contribution in [1.29, 1.82) is 0 Å². The van der Waals surface area contributed by atoms with Crippen molar-refractivity contribution in [1.82, 2.24) is 0 Å². The Bertz CT molecular complexity index is 423. The lowest BCUT2D eigenvalue weighted by atomic mass is 9.88. The van der Waals surface area contributed by atoms with Gasteiger partial charge in [0.25, 0.3) is 0 Å². The standard InChI is InChI=1S/C12H14O4/c1-12(15)4-5-16-7-9-3-2-8(11(13)14)6-10(9)12/h2-3,6,15H,4-5,7H2,1H3,(H,13,14). The van der Waals surface area contributed by atoms with Crippen LogP contribution in [0, 0.1) is 0 Å². The Morgan fingerprint density at radius 3 is 2.94 bits per heavy atom. The normalized spacial score (nSPS) is 24.6. The van der Waals surface area contributed by atoms with Crippen LogP contribution in [-0.2, 0) is 16.9 Å². The van der Waals surface area contributed by atoms with E-state index in [0.717, 1.165) is 5.56 Å². The number of ether oxygens (including phenoxy) is 1. The number of hydrogen-bond acceptors (Lipinski definition) is 3. The van der Waals surface area contributed by atoms with Gasteiger partial charge in [-0.1, -0.05) is 6.07 Å². The first-order valence-electron chi connectivity index (χ1n) is 5.17. The second-order valence-electron chi connectivity index (χ2n) is 4.25. The Hall–Kier alpha value is -1.39. The summed E-state index contributed by atoms with van der Waals surface area (Å²) in [6.45, 7) is 2.58. The molecule has 4 nitrogen and oxygen atoms in total. The molecule has 0 saturated carbocycles. The van der Waals surface area contributed by atoms with Gasteiger partial charge in [-0.3, -0.25) is 0 Å². The zero-order chi connectivity index (χ0) is 11.8. The minimum Gasteiger partial charge on any atom is -0.478 e. The van der Waals surface area contributed by atoms with Gasteiger partial charge >= 0.3 is 5.97 Å². The summed E-state index contributed by atoms with van der Waals surface area (Å²) in [4.78, 5) is 10.9. The third-order valence-corrected chi connectivity index (χ3v) is 2.93. The molecule has 1 unspecified atom stereocenters. The average molecular weight is 222 g/mol. The molecule has 0 aromatic heterocycles. The van der Waals surface area contributed by atoms with Gasteiger partial charge in [0.2, 0.25) is 0 Å². The molecule has 4 heteroatoms. The predicted molar refractivity (Wildman–Crippen MR) is 57.2 cm³/mol. The molecule has 0 spiro atoms. The van der Waals surface area contributed by atoms with E-state index in [4.69, 9.17) is 9.84 Å². The van der Waals surface area contributed by atoms with Gasteiger partial charge in [-0.05, 0) is 30.2 Å². The Kier molecular flexibility index (Phi) is 2.69. The third-order valence-electron chi connectivity index (χ3n) is 2.93. The minimum atomic E-state index is -1.02. The first kappa shape index (κ1) is 11.1. The van der Waals surface area contributed by atoms with Crippen LogP contribution in [0.1, 0.15) is 34.8 Å². The van der Waals surface area contributed by atoms with E-state index in [1.807, 2.05) is 0 Å². The van der Waals surface area contributed by atoms with Crippen LogP contribution in [0.4, 0.5) is 0 Å². The lowest BCUT2D eigenvalue weighted by molar-refractivity contribution is 0.0213. The van der Waals surface area contributed by atoms with E-state index in [-0.39, 0.29) is 5.56 Å². The number of benzene rings is 1. The minimum absolute atomic E-state index is 0.195. The zero-order valence-corrected chi connectivity index (χ0v) is 9.06. The highest BCUT2D eigenvalue weighted by Crippen LogP contribution is 2.31. The summed E-state index contributed by atoms with van der Waals surface area (Å²) in [7, 11) is 0. The lowest BCUT2D eigenvalue weighted by Crippen LogP contribution is -2.23. The molecule has 1 aromatic carbocycles. The van der Waals surface area contributed by atoms with Gasteiger partial charge < -0.3 is 14.9 Å². The second kappa shape index (κ2) is 3.88. The molecule has 1 aromatic rings. The van der Waals surface area contributed by atoms with E-state index in [1.165, 1.54) is 12.1 Å². The molecular formula is C12H14O4. The Balaban J connectivity index is 2.53. The van der Waals surface area contributed by atoms with E-state index < -0.39 is 11.6 Å². The summed E-state index contributed by atoms with van der Waals surface area (Å²) >= 11 is 0. The number of hydrogen-bond donors (Lipinski definition) is 2. The van der Waals surface area contributed by atoms with Crippen LogP contribution in [0.3, 0.4) is 0 Å². The van der Waals surface area contributed by atoms with Crippen molar-refractivity contribution >= 4 is 5.97 Å². The molecule has 0 aliphatic carbocycles. The van der Waals surface area contributed by atoms with Crippen LogP contribution in [0.5, 0.6) is 0 Å². The van der Waals surface area contributed by atoms with E-state index in [1.54, 1.807) is 13.0 Å². The van der Waals surface area contributed by atoms with Crippen molar-refractivity contribution in [3.63, 3.8) is 0 Å². The number of aromatic carboxylic acids is 1. The maximum absolute atomic E-state index is 10.9. The maximum Gasteiger partial charge on any atom is 0.335 e. The molecule has 0 fully saturated rings. The van der Waals surface area contributed by atoms with E-state index >= 15 is 0 Å². The van der Waals surface area contributed by atoms with Crippen LogP contribution < -0.4 is 0 Å². The van der Waals surface area contributed by atoms with Crippen molar-refractivity contribution < 1.29 is 19.7 Å². The van der Waals surface area contributed by atoms with E-state index in [9.17, 15) is 9.90 Å². The van der Waals surface area contributed by atoms with Gasteiger partial charge in [0.15, 0.2) is 0 Å². The van der Waals surface area contributed by atoms with Crippen molar-refractivity contribution in [2.24, 2.45) is 0 Å². The molecule has 1 aliphatic rings. The van der Waals surface area contributed by atoms with Gasteiger partial charge in [-0.25, -0.2) is 4.79 Å². The summed E-state index contributed by atoms with van der Waals surface area (Å²) in [6, 6.07) is 4.77. The smallest absolute Gasteiger partial charge is 0.335 e. The Morgan fingerprint density at radius 1 is 1.50 bits per heavy atom. The summed E-state index contributed by atoms with van der Waals surface area (Å²) in [6.07, 6.45) is 0.475. The molecule has 0 amide bonds. The van der Waals surface area contributed by atoms with Gasteiger partial charge in [0, 0.05) is 6.42 Å². The van der Waals surface area contributed by atoms with Gasteiger partial charge in [-0.2, -0.15) is 0 Å². The number of rotatable bonds is 1. The number of fused-ring (bicyclic) bond motifs is 1. The zero-order valence-electron chi connectivity index (χ0n) is 9.06. The summed E-state index contributed by atoms with van der Waals surface area (Å²) in [5, 5.41) is 19.2. The van der Waals surface area contributed by atoms with Gasteiger partial charge in [-0.15, -0.1) is 0 Å². The fourth-order valence-electron chi connectivity index (χ4n) is 1.92. The Morgan fingerprint density at radius 2 is 2.25 bits per heavy atom. The van der Waals surface area contributed by atoms with Crippen molar-refractivity contribution in [2.45, 2.75) is 25.6 Å². The molecule has 0 bridgehead atoms. The van der Waals surface area contributed by atoms with Gasteiger partial charge in [0.05, 0.1) is 24.4 Å². The molecule has 1 aliphatic heterocycles. The van der Waals surface area contributed by atoms with Crippen molar-refractivity contribution in [3.8, 4) is 0 Å². The topological polar surface area (TPSA) is 66.8 Å². The van der Waals surface area contributed by atoms with Crippen LogP contribution in [0.2, 0.25) is 0 Å². The highest BCUT2D eigenvalue weighted by Gasteiger charge is 2.29. The van der Waals surface area contributed by atoms with E-state index in [2.05, 4.69) is 0 Å². The number of carboxylic acid groups (broad SMARTS) is 1. The monoisotopic (exact) mass is 222 g/mol. The van der Waals surface area contributed by atoms with Crippen LogP contribution in [-0.4, -0.2) is 22.8 Å². The largest absolute Gasteiger partial charge is 0.478 e. The summed E-state index contributed by atoms with van der Waals surface area (Å²) in [5.74, 6) is -0.983. The Labute approximate surface area is 93.5 Å². The highest BCUT2D eigenvalue weighted by molar-refractivity contribution is 5.88. The molecule has 86 valence electrons. The lowest BCUT2D eigenvalue weighted by Gasteiger charge is -2.23. The quantitative estimate of drug-likeness (QED) is 0.755. The molecule has 0 radical (unpaired) electrons. The molecule has 0 saturated heterocycles. The number of carbonyl (C=O) groups is 1. The molecular weight excluding hydrogens is 208 g/mol. The van der Waals surface area contributed by atoms with Crippen molar-refractivity contribution in [2.75, 3.05) is 6.61 Å². The molecule has 1 heterocycles. The molecule has 1 atom stereocenters. The third kappa shape index (κ3) is 1.94. The molecule has 2 N–H and O–H groups in total. The first-order chi connectivity index (χ1) is 7.50. The summed E-state index contributed by atoms with van der Waals surface area (Å²) in [5.41, 5.74) is 0.690. The molecule has 2 rings (SSSR count). The fraction of sp³-hybridized carbons (Fsp3) is 0.417. The average Bonchev–Trinajstić information content (AvgIpc) is 2.37.